The molecule has 0 saturated carbocycles. The normalized spacial score (nSPS) is 10.5. The minimum Gasteiger partial charge on any atom is -0.384 e. The van der Waals surface area contributed by atoms with E-state index in [1.165, 1.54) is 0 Å². The molecule has 1 heterocycles. The van der Waals surface area contributed by atoms with Crippen LogP contribution in [0.25, 0.3) is 0 Å². The maximum atomic E-state index is 5.29. The van der Waals surface area contributed by atoms with Gasteiger partial charge < -0.3 is 15.6 Å². The number of pyridine rings is 1. The highest BCUT2D eigenvalue weighted by molar-refractivity contribution is 5.51. The number of anilines is 2. The van der Waals surface area contributed by atoms with Crippen molar-refractivity contribution in [1.82, 2.24) is 9.88 Å². The fraction of sp³-hybridized carbons (Fsp3) is 0.545. The lowest BCUT2D eigenvalue weighted by Crippen LogP contribution is -2.28. The van der Waals surface area contributed by atoms with Crippen molar-refractivity contribution in [2.75, 3.05) is 36.9 Å². The van der Waals surface area contributed by atoms with Crippen molar-refractivity contribution in [3.8, 4) is 0 Å². The molecule has 1 rings (SSSR count). The van der Waals surface area contributed by atoms with Crippen molar-refractivity contribution in [2.24, 2.45) is 5.84 Å². The van der Waals surface area contributed by atoms with Crippen molar-refractivity contribution in [2.45, 2.75) is 13.8 Å². The van der Waals surface area contributed by atoms with E-state index in [-0.39, 0.29) is 0 Å². The van der Waals surface area contributed by atoms with Gasteiger partial charge in [0.05, 0.1) is 0 Å². The van der Waals surface area contributed by atoms with Gasteiger partial charge in [-0.05, 0) is 19.2 Å². The molecule has 0 atom stereocenters. The molecular formula is C11H21N5. The average molecular weight is 223 g/mol. The van der Waals surface area contributed by atoms with Gasteiger partial charge in [-0.25, -0.2) is 10.8 Å². The highest BCUT2D eigenvalue weighted by Crippen LogP contribution is 2.10. The second-order valence-corrected chi connectivity index (χ2v) is 3.53. The van der Waals surface area contributed by atoms with E-state index in [9.17, 15) is 0 Å². The number of nitrogen functional groups attached to an aromatic ring is 1. The molecule has 1 aromatic heterocycles. The van der Waals surface area contributed by atoms with Crippen LogP contribution in [0, 0.1) is 0 Å². The van der Waals surface area contributed by atoms with Crippen LogP contribution in [0.1, 0.15) is 13.8 Å². The van der Waals surface area contributed by atoms with Crippen LogP contribution in [0.3, 0.4) is 0 Å². The van der Waals surface area contributed by atoms with Gasteiger partial charge in [-0.3, -0.25) is 0 Å². The maximum Gasteiger partial charge on any atom is 0.141 e. The molecular weight excluding hydrogens is 202 g/mol. The van der Waals surface area contributed by atoms with Gasteiger partial charge >= 0.3 is 0 Å². The minimum atomic E-state index is 0.674. The smallest absolute Gasteiger partial charge is 0.141 e. The topological polar surface area (TPSA) is 66.2 Å². The first-order chi connectivity index (χ1) is 7.80. The van der Waals surface area contributed by atoms with Crippen molar-refractivity contribution < 1.29 is 0 Å². The van der Waals surface area contributed by atoms with Crippen molar-refractivity contribution >= 4 is 11.5 Å². The number of rotatable bonds is 7. The molecule has 1 aromatic rings. The van der Waals surface area contributed by atoms with E-state index in [1.807, 2.05) is 12.1 Å². The van der Waals surface area contributed by atoms with Crippen LogP contribution < -0.4 is 16.6 Å². The SMILES string of the molecule is CCN(CC)CCNc1ccnc(NN)c1. The van der Waals surface area contributed by atoms with Gasteiger partial charge in [-0.15, -0.1) is 0 Å². The predicted octanol–water partition coefficient (Wildman–Crippen LogP) is 1.12. The Bertz CT molecular complexity index is 298. The van der Waals surface area contributed by atoms with Crippen molar-refractivity contribution in [3.05, 3.63) is 18.3 Å². The Morgan fingerprint density at radius 2 is 2.12 bits per heavy atom. The largest absolute Gasteiger partial charge is 0.384 e. The molecule has 0 amide bonds. The lowest BCUT2D eigenvalue weighted by molar-refractivity contribution is 0.316. The molecule has 0 aliphatic heterocycles. The summed E-state index contributed by atoms with van der Waals surface area (Å²) in [4.78, 5) is 6.42. The Kier molecular flexibility index (Phi) is 5.60. The summed E-state index contributed by atoms with van der Waals surface area (Å²) >= 11 is 0. The maximum absolute atomic E-state index is 5.29. The third-order valence-electron chi connectivity index (χ3n) is 2.56. The first-order valence-corrected chi connectivity index (χ1v) is 5.69. The van der Waals surface area contributed by atoms with E-state index in [4.69, 9.17) is 5.84 Å². The first kappa shape index (κ1) is 12.7. The quantitative estimate of drug-likeness (QED) is 0.477. The molecule has 0 aliphatic rings. The summed E-state index contributed by atoms with van der Waals surface area (Å²) in [7, 11) is 0. The molecule has 90 valence electrons. The van der Waals surface area contributed by atoms with Gasteiger partial charge in [0.25, 0.3) is 0 Å². The third-order valence-corrected chi connectivity index (χ3v) is 2.56. The number of nitrogens with one attached hydrogen (secondary N) is 2. The number of hydrogen-bond acceptors (Lipinski definition) is 5. The average Bonchev–Trinajstić information content (AvgIpc) is 2.35. The Labute approximate surface area is 97.0 Å². The number of hydrazine groups is 1. The number of nitrogens with zero attached hydrogens (tertiary/aromatic N) is 2. The molecule has 0 spiro atoms. The number of likely N-dealkylation sites (N-methyl/N-ethyl adjacent to an activating group) is 1. The number of nitrogens with two attached hydrogens (primary N) is 1. The number of hydrogen-bond donors (Lipinski definition) is 3. The molecule has 5 nitrogen and oxygen atoms in total. The van der Waals surface area contributed by atoms with Crippen LogP contribution in [0.15, 0.2) is 18.3 Å². The summed E-state index contributed by atoms with van der Waals surface area (Å²) in [5.41, 5.74) is 3.56. The zero-order chi connectivity index (χ0) is 11.8. The molecule has 0 bridgehead atoms. The van der Waals surface area contributed by atoms with Crippen LogP contribution >= 0.6 is 0 Å². The van der Waals surface area contributed by atoms with E-state index in [0.29, 0.717) is 5.82 Å². The summed E-state index contributed by atoms with van der Waals surface area (Å²) in [6.07, 6.45) is 1.73. The summed E-state index contributed by atoms with van der Waals surface area (Å²) in [6, 6.07) is 3.82. The van der Waals surface area contributed by atoms with Crippen molar-refractivity contribution in [3.63, 3.8) is 0 Å². The monoisotopic (exact) mass is 223 g/mol. The van der Waals surface area contributed by atoms with Crippen molar-refractivity contribution in [1.29, 1.82) is 0 Å². The highest BCUT2D eigenvalue weighted by atomic mass is 15.2. The predicted molar refractivity (Wildman–Crippen MR) is 68.3 cm³/mol. The zero-order valence-electron chi connectivity index (χ0n) is 10.0. The van der Waals surface area contributed by atoms with Gasteiger partial charge in [-0.1, -0.05) is 13.8 Å². The fourth-order valence-electron chi connectivity index (χ4n) is 1.52. The molecule has 0 saturated heterocycles. The van der Waals surface area contributed by atoms with Crippen LogP contribution in [0.5, 0.6) is 0 Å². The standard InChI is InChI=1S/C11H21N5/c1-3-16(4-2)8-7-13-10-5-6-14-11(9-10)15-12/h5-6,9H,3-4,7-8,12H2,1-2H3,(H2,13,14,15). The Balaban J connectivity index is 2.36. The van der Waals surface area contributed by atoms with E-state index in [2.05, 4.69) is 34.5 Å². The minimum absolute atomic E-state index is 0.674. The number of aromatic nitrogens is 1. The molecule has 16 heavy (non-hydrogen) atoms. The molecule has 0 aliphatic carbocycles. The Morgan fingerprint density at radius 3 is 2.75 bits per heavy atom. The van der Waals surface area contributed by atoms with Crippen LogP contribution in [0.2, 0.25) is 0 Å². The molecule has 0 unspecified atom stereocenters. The second-order valence-electron chi connectivity index (χ2n) is 3.53. The molecule has 0 radical (unpaired) electrons. The summed E-state index contributed by atoms with van der Waals surface area (Å²) in [5.74, 6) is 5.96. The van der Waals surface area contributed by atoms with E-state index < -0.39 is 0 Å². The van der Waals surface area contributed by atoms with Crippen LogP contribution in [0.4, 0.5) is 11.5 Å². The van der Waals surface area contributed by atoms with Crippen LogP contribution in [-0.4, -0.2) is 36.1 Å². The molecule has 0 fully saturated rings. The van der Waals surface area contributed by atoms with Gasteiger partial charge in [0, 0.05) is 31.0 Å². The second kappa shape index (κ2) is 7.03. The third kappa shape index (κ3) is 4.04. The summed E-state index contributed by atoms with van der Waals surface area (Å²) in [6.45, 7) is 8.49. The van der Waals surface area contributed by atoms with Crippen LogP contribution in [-0.2, 0) is 0 Å². The molecule has 5 heteroatoms. The molecule has 4 N–H and O–H groups in total. The molecule has 0 aromatic carbocycles. The highest BCUT2D eigenvalue weighted by Gasteiger charge is 1.99. The Hall–Kier alpha value is -1.33. The lowest BCUT2D eigenvalue weighted by Gasteiger charge is -2.18. The van der Waals surface area contributed by atoms with Gasteiger partial charge in [0.2, 0.25) is 0 Å². The van der Waals surface area contributed by atoms with E-state index in [0.717, 1.165) is 31.9 Å². The summed E-state index contributed by atoms with van der Waals surface area (Å²) in [5, 5.41) is 3.34. The van der Waals surface area contributed by atoms with Gasteiger partial charge in [0.1, 0.15) is 5.82 Å². The Morgan fingerprint density at radius 1 is 1.38 bits per heavy atom. The van der Waals surface area contributed by atoms with E-state index in [1.54, 1.807) is 6.20 Å². The summed E-state index contributed by atoms with van der Waals surface area (Å²) < 4.78 is 0. The zero-order valence-corrected chi connectivity index (χ0v) is 10.0. The van der Waals surface area contributed by atoms with Gasteiger partial charge in [0.15, 0.2) is 0 Å². The first-order valence-electron chi connectivity index (χ1n) is 5.69. The van der Waals surface area contributed by atoms with Gasteiger partial charge in [-0.2, -0.15) is 0 Å². The lowest BCUT2D eigenvalue weighted by atomic mass is 10.3. The van der Waals surface area contributed by atoms with E-state index >= 15 is 0 Å². The fourth-order valence-corrected chi connectivity index (χ4v) is 1.52.